The van der Waals surface area contributed by atoms with Crippen molar-refractivity contribution in [3.8, 4) is 0 Å². The molecule has 1 amide bonds. The molecule has 0 spiro atoms. The van der Waals surface area contributed by atoms with Gasteiger partial charge in [0.2, 0.25) is 0 Å². The van der Waals surface area contributed by atoms with Crippen LogP contribution in [0.4, 0.5) is 4.79 Å². The van der Waals surface area contributed by atoms with E-state index in [-0.39, 0.29) is 12.7 Å². The maximum Gasteiger partial charge on any atom is 0.410 e. The van der Waals surface area contributed by atoms with E-state index in [9.17, 15) is 9.90 Å². The summed E-state index contributed by atoms with van der Waals surface area (Å²) < 4.78 is 5.32. The fraction of sp³-hybridized carbons (Fsp3) is 0.353. The van der Waals surface area contributed by atoms with Gasteiger partial charge in [0.1, 0.15) is 6.61 Å². The number of aliphatic hydroxyl groups is 1. The van der Waals surface area contributed by atoms with Gasteiger partial charge in [0.25, 0.3) is 0 Å². The maximum atomic E-state index is 12.1. The zero-order valence-electron chi connectivity index (χ0n) is 12.8. The molecule has 0 aliphatic carbocycles. The molecule has 0 radical (unpaired) electrons. The number of carbonyl (C=O) groups excluding carboxylic acids is 1. The van der Waals surface area contributed by atoms with Crippen molar-refractivity contribution in [1.82, 2.24) is 15.1 Å². The summed E-state index contributed by atoms with van der Waals surface area (Å²) in [7, 11) is 0. The van der Waals surface area contributed by atoms with Crippen LogP contribution in [0.3, 0.4) is 0 Å². The first kappa shape index (κ1) is 15.4. The van der Waals surface area contributed by atoms with Crippen LogP contribution in [0.5, 0.6) is 0 Å². The largest absolute Gasteiger partial charge is 0.445 e. The lowest BCUT2D eigenvalue weighted by molar-refractivity contribution is -0.0258. The molecule has 1 saturated heterocycles. The van der Waals surface area contributed by atoms with Gasteiger partial charge in [0, 0.05) is 24.8 Å². The monoisotopic (exact) mass is 313 g/mol. The van der Waals surface area contributed by atoms with Crippen LogP contribution in [0.15, 0.2) is 48.8 Å². The van der Waals surface area contributed by atoms with E-state index in [0.29, 0.717) is 25.9 Å². The molecule has 6 nitrogen and oxygen atoms in total. The summed E-state index contributed by atoms with van der Waals surface area (Å²) in [5.41, 5.74) is 0.744. The number of rotatable bonds is 3. The van der Waals surface area contributed by atoms with Crippen LogP contribution in [0.25, 0.3) is 0 Å². The first-order valence-corrected chi connectivity index (χ1v) is 7.63. The summed E-state index contributed by atoms with van der Waals surface area (Å²) >= 11 is 0. The fourth-order valence-corrected chi connectivity index (χ4v) is 2.72. The van der Waals surface area contributed by atoms with Crippen molar-refractivity contribution in [2.24, 2.45) is 0 Å². The van der Waals surface area contributed by atoms with E-state index in [1.54, 1.807) is 23.4 Å². The third-order valence-electron chi connectivity index (χ3n) is 4.18. The van der Waals surface area contributed by atoms with Crippen LogP contribution in [-0.4, -0.2) is 39.4 Å². The highest BCUT2D eigenvalue weighted by molar-refractivity contribution is 5.67. The van der Waals surface area contributed by atoms with E-state index in [4.69, 9.17) is 4.74 Å². The quantitative estimate of drug-likeness (QED) is 0.939. The van der Waals surface area contributed by atoms with Gasteiger partial charge in [-0.3, -0.25) is 0 Å². The molecule has 0 atom stereocenters. The number of hydrogen-bond acceptors (Lipinski definition) is 5. The molecule has 2 aromatic rings. The standard InChI is InChI=1S/C17H19N3O3/c21-16(23-13-14-4-2-1-3-5-14)20-10-7-17(22,8-11-20)15-6-9-18-19-12-15/h1-6,9,12,22H,7-8,10-11,13H2. The summed E-state index contributed by atoms with van der Waals surface area (Å²) in [5.74, 6) is 0. The predicted molar refractivity (Wildman–Crippen MR) is 83.4 cm³/mol. The Morgan fingerprint density at radius 2 is 1.91 bits per heavy atom. The molecule has 0 saturated carbocycles. The zero-order chi connectivity index (χ0) is 16.1. The van der Waals surface area contributed by atoms with Crippen molar-refractivity contribution >= 4 is 6.09 Å². The maximum absolute atomic E-state index is 12.1. The van der Waals surface area contributed by atoms with Gasteiger partial charge in [-0.1, -0.05) is 30.3 Å². The molecular weight excluding hydrogens is 294 g/mol. The molecule has 1 aliphatic heterocycles. The Labute approximate surface area is 134 Å². The third kappa shape index (κ3) is 3.65. The molecule has 1 N–H and O–H groups in total. The van der Waals surface area contributed by atoms with Crippen molar-refractivity contribution in [3.05, 3.63) is 59.9 Å². The Hall–Kier alpha value is -2.47. The Morgan fingerprint density at radius 1 is 1.17 bits per heavy atom. The molecule has 0 bridgehead atoms. The average Bonchev–Trinajstić information content (AvgIpc) is 2.62. The number of nitrogens with zero attached hydrogens (tertiary/aromatic N) is 3. The first-order valence-electron chi connectivity index (χ1n) is 7.63. The average molecular weight is 313 g/mol. The van der Waals surface area contributed by atoms with Crippen LogP contribution in [0, 0.1) is 0 Å². The van der Waals surface area contributed by atoms with Gasteiger partial charge in [-0.05, 0) is 24.5 Å². The third-order valence-corrected chi connectivity index (χ3v) is 4.18. The number of aromatic nitrogens is 2. The van der Waals surface area contributed by atoms with Gasteiger partial charge >= 0.3 is 6.09 Å². The summed E-state index contributed by atoms with van der Waals surface area (Å²) in [6.07, 6.45) is 3.71. The SMILES string of the molecule is O=C(OCc1ccccc1)N1CCC(O)(c2ccnnc2)CC1. The number of amides is 1. The van der Waals surface area contributed by atoms with Crippen molar-refractivity contribution in [2.75, 3.05) is 13.1 Å². The van der Waals surface area contributed by atoms with Crippen molar-refractivity contribution in [1.29, 1.82) is 0 Å². The summed E-state index contributed by atoms with van der Waals surface area (Å²) in [6.45, 7) is 1.16. The molecule has 1 aromatic heterocycles. The molecule has 120 valence electrons. The Kier molecular flexibility index (Phi) is 4.52. The van der Waals surface area contributed by atoms with Crippen LogP contribution in [-0.2, 0) is 16.9 Å². The molecule has 1 aromatic carbocycles. The summed E-state index contributed by atoms with van der Waals surface area (Å²) in [5, 5.41) is 18.2. The minimum atomic E-state index is -0.952. The number of ether oxygens (including phenoxy) is 1. The van der Waals surface area contributed by atoms with Crippen LogP contribution < -0.4 is 0 Å². The lowest BCUT2D eigenvalue weighted by Crippen LogP contribution is -2.45. The Morgan fingerprint density at radius 3 is 2.57 bits per heavy atom. The smallest absolute Gasteiger partial charge is 0.410 e. The molecule has 1 aliphatic rings. The molecule has 0 unspecified atom stereocenters. The highest BCUT2D eigenvalue weighted by atomic mass is 16.6. The second-order valence-electron chi connectivity index (χ2n) is 5.69. The second-order valence-corrected chi connectivity index (χ2v) is 5.69. The van der Waals surface area contributed by atoms with E-state index in [0.717, 1.165) is 11.1 Å². The number of likely N-dealkylation sites (tertiary alicyclic amines) is 1. The molecule has 2 heterocycles. The van der Waals surface area contributed by atoms with Gasteiger partial charge in [-0.25, -0.2) is 4.79 Å². The fourth-order valence-electron chi connectivity index (χ4n) is 2.72. The van der Waals surface area contributed by atoms with E-state index in [1.165, 1.54) is 0 Å². The van der Waals surface area contributed by atoms with Crippen molar-refractivity contribution in [2.45, 2.75) is 25.0 Å². The highest BCUT2D eigenvalue weighted by Crippen LogP contribution is 2.32. The van der Waals surface area contributed by atoms with E-state index < -0.39 is 5.60 Å². The summed E-state index contributed by atoms with van der Waals surface area (Å²) in [6, 6.07) is 11.3. The first-order chi connectivity index (χ1) is 11.2. The van der Waals surface area contributed by atoms with Crippen molar-refractivity contribution in [3.63, 3.8) is 0 Å². The van der Waals surface area contributed by atoms with Gasteiger partial charge < -0.3 is 14.7 Å². The number of benzene rings is 1. The van der Waals surface area contributed by atoms with Crippen molar-refractivity contribution < 1.29 is 14.6 Å². The molecule has 6 heteroatoms. The molecular formula is C17H19N3O3. The minimum absolute atomic E-state index is 0.259. The van der Waals surface area contributed by atoms with Crippen LogP contribution >= 0.6 is 0 Å². The molecule has 3 rings (SSSR count). The van der Waals surface area contributed by atoms with Gasteiger partial charge in [-0.2, -0.15) is 10.2 Å². The number of hydrogen-bond donors (Lipinski definition) is 1. The lowest BCUT2D eigenvalue weighted by Gasteiger charge is -2.37. The van der Waals surface area contributed by atoms with E-state index >= 15 is 0 Å². The minimum Gasteiger partial charge on any atom is -0.445 e. The normalized spacial score (nSPS) is 16.8. The van der Waals surface area contributed by atoms with Gasteiger partial charge in [0.15, 0.2) is 0 Å². The lowest BCUT2D eigenvalue weighted by atomic mass is 9.86. The zero-order valence-corrected chi connectivity index (χ0v) is 12.8. The molecule has 1 fully saturated rings. The Bertz CT molecular complexity index is 641. The summed E-state index contributed by atoms with van der Waals surface area (Å²) in [4.78, 5) is 13.7. The Balaban J connectivity index is 1.53. The number of piperidine rings is 1. The molecule has 23 heavy (non-hydrogen) atoms. The predicted octanol–water partition coefficient (Wildman–Crippen LogP) is 2.10. The topological polar surface area (TPSA) is 75.5 Å². The van der Waals surface area contributed by atoms with Crippen LogP contribution in [0.2, 0.25) is 0 Å². The van der Waals surface area contributed by atoms with E-state index in [1.807, 2.05) is 30.3 Å². The number of carbonyl (C=O) groups is 1. The van der Waals surface area contributed by atoms with Crippen LogP contribution in [0.1, 0.15) is 24.0 Å². The highest BCUT2D eigenvalue weighted by Gasteiger charge is 2.36. The van der Waals surface area contributed by atoms with Gasteiger partial charge in [-0.15, -0.1) is 0 Å². The second kappa shape index (κ2) is 6.75. The van der Waals surface area contributed by atoms with Gasteiger partial charge in [0.05, 0.1) is 11.8 Å². The van der Waals surface area contributed by atoms with E-state index in [2.05, 4.69) is 10.2 Å².